The molecular weight excluding hydrogens is 973 g/mol. The summed E-state index contributed by atoms with van der Waals surface area (Å²) in [6, 6.07) is 87.9. The van der Waals surface area contributed by atoms with Gasteiger partial charge in [0.2, 0.25) is 0 Å². The molecule has 0 radical (unpaired) electrons. The maximum atomic E-state index is 9.91. The molecule has 11 aromatic carbocycles. The van der Waals surface area contributed by atoms with Crippen molar-refractivity contribution >= 4 is 110 Å². The molecule has 0 spiro atoms. The summed E-state index contributed by atoms with van der Waals surface area (Å²) in [7, 11) is 0. The number of anilines is 6. The van der Waals surface area contributed by atoms with Crippen LogP contribution in [0.4, 0.5) is 34.1 Å². The van der Waals surface area contributed by atoms with E-state index in [2.05, 4.69) is 265 Å². The Morgan fingerprint density at radius 3 is 0.988 bits per heavy atom. The fraction of sp³-hybridized carbons (Fsp3) is 0.0811. The summed E-state index contributed by atoms with van der Waals surface area (Å²) < 4.78 is 5.16. The minimum absolute atomic E-state index is 0.390. The standard InChI is InChI=1S/C74H52N6/c1-45(2)49-31-39-55(40-32-49)77(53-35-27-47(43-75)28-36-53)61-23-13-25-63-67(61)57-19-11-21-59-69-66(52-17-9-6-10-18-52)74-70(65(51-15-7-5-8-16-51)73(69)79(63)71(57)59)60-22-12-20-58-68-62(24-14-26-64(68)80(74)72(58)60)78(54-37-29-48(44-76)30-38-54)56-41-33-50(34-42-56)46(3)4/h5-42,45-46H,1-4H3. The largest absolute Gasteiger partial charge is 0.310 e. The van der Waals surface area contributed by atoms with Gasteiger partial charge in [0.25, 0.3) is 0 Å². The minimum Gasteiger partial charge on any atom is -0.310 e. The van der Waals surface area contributed by atoms with Gasteiger partial charge < -0.3 is 18.6 Å². The van der Waals surface area contributed by atoms with Crippen molar-refractivity contribution < 1.29 is 0 Å². The number of nitrogens with zero attached hydrogens (tertiary/aromatic N) is 6. The molecule has 0 aliphatic heterocycles. The molecule has 6 nitrogen and oxygen atoms in total. The molecule has 0 N–H and O–H groups in total. The Hall–Kier alpha value is -10.4. The molecule has 0 aliphatic rings. The SMILES string of the molecule is CC(C)c1ccc(N(c2ccc(C#N)cc2)c2cccc3c2c2cccc4c5c(-c6ccccc6)c6c(c(-c7ccccc7)c5n3c24)c2cccc3c4c(N(c5ccc(C#N)cc5)c5ccc(C(C)C)cc5)cccc4n6c32)cc1. The first-order chi connectivity index (χ1) is 39.3. The van der Waals surface area contributed by atoms with Crippen LogP contribution in [0.25, 0.3) is 98.4 Å². The molecule has 378 valence electrons. The molecule has 0 saturated heterocycles. The summed E-state index contributed by atoms with van der Waals surface area (Å²) in [4.78, 5) is 4.72. The number of hydrogen-bond donors (Lipinski definition) is 0. The highest BCUT2D eigenvalue weighted by Gasteiger charge is 2.32. The average molecular weight is 1030 g/mol. The van der Waals surface area contributed by atoms with E-state index in [1.54, 1.807) is 0 Å². The second-order valence-electron chi connectivity index (χ2n) is 21.8. The molecule has 0 aliphatic carbocycles. The number of nitriles is 2. The minimum atomic E-state index is 0.390. The van der Waals surface area contributed by atoms with E-state index in [1.807, 2.05) is 24.3 Å². The Kier molecular flexibility index (Phi) is 10.6. The predicted molar refractivity (Wildman–Crippen MR) is 334 cm³/mol. The van der Waals surface area contributed by atoms with Crippen LogP contribution in [-0.4, -0.2) is 8.80 Å². The zero-order chi connectivity index (χ0) is 53.9. The topological polar surface area (TPSA) is 62.9 Å². The molecule has 0 bridgehead atoms. The van der Waals surface area contributed by atoms with Crippen LogP contribution in [-0.2, 0) is 0 Å². The first-order valence-electron chi connectivity index (χ1n) is 27.6. The summed E-state index contributed by atoms with van der Waals surface area (Å²) in [5.74, 6) is 0.781. The van der Waals surface area contributed by atoms with E-state index in [4.69, 9.17) is 0 Å². The van der Waals surface area contributed by atoms with Gasteiger partial charge in [-0.25, -0.2) is 0 Å². The van der Waals surface area contributed by atoms with Gasteiger partial charge in [-0.1, -0.05) is 161 Å². The lowest BCUT2D eigenvalue weighted by atomic mass is 9.89. The molecule has 15 rings (SSSR count). The van der Waals surface area contributed by atoms with Gasteiger partial charge in [0.15, 0.2) is 0 Å². The van der Waals surface area contributed by atoms with E-state index >= 15 is 0 Å². The van der Waals surface area contributed by atoms with Crippen LogP contribution in [0.2, 0.25) is 0 Å². The van der Waals surface area contributed by atoms with Gasteiger partial charge in [0.05, 0.1) is 67.7 Å². The van der Waals surface area contributed by atoms with Gasteiger partial charge in [-0.05, 0) is 131 Å². The Bertz CT molecular complexity index is 4660. The van der Waals surface area contributed by atoms with E-state index in [-0.39, 0.29) is 0 Å². The molecular formula is C74H52N6. The van der Waals surface area contributed by atoms with E-state index in [0.717, 1.165) is 67.1 Å². The van der Waals surface area contributed by atoms with Crippen molar-refractivity contribution in [2.45, 2.75) is 39.5 Å². The third-order valence-electron chi connectivity index (χ3n) is 16.8. The van der Waals surface area contributed by atoms with Gasteiger partial charge in [-0.3, -0.25) is 0 Å². The van der Waals surface area contributed by atoms with Gasteiger partial charge in [-0.15, -0.1) is 0 Å². The number of benzene rings is 11. The normalized spacial score (nSPS) is 11.9. The summed E-state index contributed by atoms with van der Waals surface area (Å²) in [6.45, 7) is 8.93. The van der Waals surface area contributed by atoms with Gasteiger partial charge in [-0.2, -0.15) is 10.5 Å². The molecule has 0 saturated carbocycles. The quantitative estimate of drug-likeness (QED) is 0.137. The highest BCUT2D eigenvalue weighted by Crippen LogP contribution is 2.56. The summed E-state index contributed by atoms with van der Waals surface area (Å²) in [6.07, 6.45) is 0. The van der Waals surface area contributed by atoms with Gasteiger partial charge >= 0.3 is 0 Å². The van der Waals surface area contributed by atoms with Crippen LogP contribution in [0.3, 0.4) is 0 Å². The summed E-state index contributed by atoms with van der Waals surface area (Å²) in [5, 5.41) is 29.3. The average Bonchev–Trinajstić information content (AvgIpc) is 2.68. The van der Waals surface area contributed by atoms with Gasteiger partial charge in [0, 0.05) is 77.0 Å². The van der Waals surface area contributed by atoms with Crippen molar-refractivity contribution in [3.63, 3.8) is 0 Å². The molecule has 6 heteroatoms. The van der Waals surface area contributed by atoms with Crippen LogP contribution in [0, 0.1) is 22.7 Å². The van der Waals surface area contributed by atoms with Gasteiger partial charge in [0.1, 0.15) is 0 Å². The van der Waals surface area contributed by atoms with Crippen molar-refractivity contribution in [1.29, 1.82) is 10.5 Å². The highest BCUT2D eigenvalue weighted by molar-refractivity contribution is 6.39. The van der Waals surface area contributed by atoms with Crippen LogP contribution in [0.15, 0.2) is 231 Å². The fourth-order valence-corrected chi connectivity index (χ4v) is 13.1. The van der Waals surface area contributed by atoms with E-state index in [9.17, 15) is 10.5 Å². The molecule has 0 amide bonds. The lowest BCUT2D eigenvalue weighted by Crippen LogP contribution is -2.10. The fourth-order valence-electron chi connectivity index (χ4n) is 13.1. The smallest absolute Gasteiger partial charge is 0.0991 e. The lowest BCUT2D eigenvalue weighted by molar-refractivity contribution is 0.866. The van der Waals surface area contributed by atoms with Crippen LogP contribution in [0.5, 0.6) is 0 Å². The van der Waals surface area contributed by atoms with Crippen molar-refractivity contribution in [2.24, 2.45) is 0 Å². The number of rotatable bonds is 10. The number of aromatic nitrogens is 2. The van der Waals surface area contributed by atoms with E-state index < -0.39 is 0 Å². The molecule has 4 aromatic heterocycles. The zero-order valence-corrected chi connectivity index (χ0v) is 44.8. The third kappa shape index (κ3) is 6.83. The highest BCUT2D eigenvalue weighted by atomic mass is 15.2. The maximum Gasteiger partial charge on any atom is 0.0991 e. The van der Waals surface area contributed by atoms with Crippen molar-refractivity contribution in [1.82, 2.24) is 8.80 Å². The summed E-state index contributed by atoms with van der Waals surface area (Å²) >= 11 is 0. The molecule has 0 unspecified atom stereocenters. The van der Waals surface area contributed by atoms with Crippen molar-refractivity contribution in [3.05, 3.63) is 253 Å². The second-order valence-corrected chi connectivity index (χ2v) is 21.8. The third-order valence-corrected chi connectivity index (χ3v) is 16.8. The first-order valence-corrected chi connectivity index (χ1v) is 27.6. The second kappa shape index (κ2) is 18.1. The Morgan fingerprint density at radius 1 is 0.325 bits per heavy atom. The monoisotopic (exact) mass is 1020 g/mol. The van der Waals surface area contributed by atoms with Crippen LogP contribution in [0.1, 0.15) is 61.8 Å². The zero-order valence-electron chi connectivity index (χ0n) is 44.8. The number of para-hydroxylation sites is 2. The van der Waals surface area contributed by atoms with E-state index in [1.165, 1.54) is 76.6 Å². The Morgan fingerprint density at radius 2 is 0.650 bits per heavy atom. The molecule has 0 atom stereocenters. The number of fused-ring (bicyclic) bond motifs is 12. The number of hydrogen-bond acceptors (Lipinski definition) is 4. The maximum absolute atomic E-state index is 9.91. The molecule has 0 fully saturated rings. The predicted octanol–water partition coefficient (Wildman–Crippen LogP) is 20.3. The van der Waals surface area contributed by atoms with Crippen molar-refractivity contribution in [3.8, 4) is 34.4 Å². The lowest BCUT2D eigenvalue weighted by Gasteiger charge is -2.27. The Labute approximate surface area is 463 Å². The van der Waals surface area contributed by atoms with Crippen LogP contribution >= 0.6 is 0 Å². The first kappa shape index (κ1) is 46.9. The molecule has 4 heterocycles. The van der Waals surface area contributed by atoms with E-state index in [0.29, 0.717) is 23.0 Å². The molecule has 80 heavy (non-hydrogen) atoms. The Balaban J connectivity index is 1.10. The summed E-state index contributed by atoms with van der Waals surface area (Å²) in [5.41, 5.74) is 21.6. The molecule has 15 aromatic rings. The van der Waals surface area contributed by atoms with Crippen LogP contribution < -0.4 is 9.80 Å². The van der Waals surface area contributed by atoms with Crippen molar-refractivity contribution in [2.75, 3.05) is 9.80 Å².